The molecule has 0 aliphatic carbocycles. The highest BCUT2D eigenvalue weighted by molar-refractivity contribution is 7.47. The first-order valence-corrected chi connectivity index (χ1v) is 13.6. The Balaban J connectivity index is 1.89. The third-order valence-corrected chi connectivity index (χ3v) is 6.06. The largest absolute Gasteiger partial charge is 0.508 e. The molecule has 0 radical (unpaired) electrons. The van der Waals surface area contributed by atoms with E-state index in [1.165, 1.54) is 32.1 Å². The van der Waals surface area contributed by atoms with Crippen LogP contribution in [0.2, 0.25) is 0 Å². The summed E-state index contributed by atoms with van der Waals surface area (Å²) in [5.41, 5.74) is 0.946. The third kappa shape index (κ3) is 11.0. The number of phosphoric acid groups is 1. The van der Waals surface area contributed by atoms with Gasteiger partial charge < -0.3 is 19.3 Å². The summed E-state index contributed by atoms with van der Waals surface area (Å²) in [7, 11) is -4.40. The Morgan fingerprint density at radius 2 is 1.52 bits per heavy atom. The number of aryl methyl sites for hydroxylation is 1. The molecule has 33 heavy (non-hydrogen) atoms. The van der Waals surface area contributed by atoms with Gasteiger partial charge in [0.15, 0.2) is 5.75 Å². The van der Waals surface area contributed by atoms with E-state index in [0.29, 0.717) is 25.6 Å². The van der Waals surface area contributed by atoms with Crippen LogP contribution in [-0.2, 0) is 29.7 Å². The first-order valence-electron chi connectivity index (χ1n) is 12.1. The third-order valence-electron chi connectivity index (χ3n) is 5.28. The second-order valence-electron chi connectivity index (χ2n) is 7.92. The van der Waals surface area contributed by atoms with E-state index in [9.17, 15) is 9.46 Å². The number of phosphoric ester groups is 1. The van der Waals surface area contributed by atoms with Gasteiger partial charge in [-0.05, 0) is 30.7 Å². The van der Waals surface area contributed by atoms with Crippen molar-refractivity contribution in [1.82, 2.24) is 0 Å². The fourth-order valence-corrected chi connectivity index (χ4v) is 4.05. The molecule has 0 bridgehead atoms. The normalized spacial score (nSPS) is 13.3. The van der Waals surface area contributed by atoms with Crippen LogP contribution in [-0.4, -0.2) is 37.9 Å². The SMILES string of the molecule is CCCCCCCCCc1ccc2ccccc2c1OOP(=O)(O)OCCOCCOCC. The summed E-state index contributed by atoms with van der Waals surface area (Å²) in [5.74, 6) is 0.463. The van der Waals surface area contributed by atoms with Crippen LogP contribution in [0.1, 0.15) is 64.4 Å². The Morgan fingerprint density at radius 1 is 0.818 bits per heavy atom. The molecule has 0 aliphatic heterocycles. The molecular weight excluding hydrogens is 443 g/mol. The van der Waals surface area contributed by atoms with Gasteiger partial charge in [0.25, 0.3) is 0 Å². The Bertz CT molecular complexity index is 843. The molecule has 0 amide bonds. The number of benzene rings is 2. The monoisotopic (exact) mass is 482 g/mol. The average molecular weight is 483 g/mol. The van der Waals surface area contributed by atoms with Crippen LogP contribution in [0, 0.1) is 0 Å². The second-order valence-corrected chi connectivity index (χ2v) is 9.26. The summed E-state index contributed by atoms with van der Waals surface area (Å²) in [6.45, 7) is 5.65. The Morgan fingerprint density at radius 3 is 2.30 bits per heavy atom. The lowest BCUT2D eigenvalue weighted by Crippen LogP contribution is -2.09. The molecule has 8 heteroatoms. The first kappa shape index (κ1) is 27.8. The van der Waals surface area contributed by atoms with Crippen LogP contribution in [0.3, 0.4) is 0 Å². The van der Waals surface area contributed by atoms with Crippen LogP contribution < -0.4 is 4.89 Å². The molecule has 186 valence electrons. The molecule has 2 aromatic carbocycles. The van der Waals surface area contributed by atoms with Crippen molar-refractivity contribution < 1.29 is 33.0 Å². The maximum Gasteiger partial charge on any atom is 0.508 e. The first-order chi connectivity index (χ1) is 16.1. The predicted octanol–water partition coefficient (Wildman–Crippen LogP) is 6.61. The number of hydrogen-bond donors (Lipinski definition) is 1. The fraction of sp³-hybridized carbons (Fsp3) is 0.600. The van der Waals surface area contributed by atoms with Gasteiger partial charge >= 0.3 is 7.82 Å². The highest BCUT2D eigenvalue weighted by atomic mass is 31.2. The molecule has 0 spiro atoms. The molecule has 0 aliphatic rings. The van der Waals surface area contributed by atoms with E-state index in [1.54, 1.807) is 0 Å². The van der Waals surface area contributed by atoms with Crippen LogP contribution >= 0.6 is 7.82 Å². The molecule has 2 rings (SSSR count). The van der Waals surface area contributed by atoms with Crippen molar-refractivity contribution in [2.75, 3.05) is 33.0 Å². The molecule has 0 saturated heterocycles. The maximum atomic E-state index is 12.3. The van der Waals surface area contributed by atoms with E-state index in [-0.39, 0.29) is 13.2 Å². The Hall–Kier alpha value is -1.47. The minimum atomic E-state index is -4.40. The molecule has 2 aromatic rings. The summed E-state index contributed by atoms with van der Waals surface area (Å²) in [6, 6.07) is 11.8. The quantitative estimate of drug-likeness (QED) is 0.104. The topological polar surface area (TPSA) is 83.5 Å². The minimum absolute atomic E-state index is 0.0936. The van der Waals surface area contributed by atoms with Crippen LogP contribution in [0.15, 0.2) is 36.4 Å². The van der Waals surface area contributed by atoms with Gasteiger partial charge in [-0.2, -0.15) is 0 Å². The van der Waals surface area contributed by atoms with E-state index in [2.05, 4.69) is 6.92 Å². The van der Waals surface area contributed by atoms with Gasteiger partial charge in [0.2, 0.25) is 0 Å². The maximum absolute atomic E-state index is 12.3. The summed E-state index contributed by atoms with van der Waals surface area (Å²) in [6.07, 6.45) is 9.28. The van der Waals surface area contributed by atoms with Crippen LogP contribution in [0.4, 0.5) is 0 Å². The lowest BCUT2D eigenvalue weighted by molar-refractivity contribution is -0.128. The molecule has 1 atom stereocenters. The standard InChI is InChI=1S/C25H39O7P/c1-3-5-6-7-8-9-10-14-23-17-16-22-13-11-12-15-24(22)25(23)31-32-33(26,27)30-21-20-29-19-18-28-4-2/h11-13,15-17H,3-10,14,18-21H2,1-2H3,(H,26,27). The van der Waals surface area contributed by atoms with Crippen molar-refractivity contribution in [3.05, 3.63) is 42.0 Å². The molecular formula is C25H39O7P. The van der Waals surface area contributed by atoms with E-state index in [1.807, 2.05) is 43.3 Å². The van der Waals surface area contributed by atoms with Crippen molar-refractivity contribution in [3.63, 3.8) is 0 Å². The van der Waals surface area contributed by atoms with E-state index in [4.69, 9.17) is 23.6 Å². The van der Waals surface area contributed by atoms with Gasteiger partial charge in [-0.1, -0.05) is 86.5 Å². The van der Waals surface area contributed by atoms with Gasteiger partial charge in [-0.3, -0.25) is 4.52 Å². The van der Waals surface area contributed by atoms with Crippen LogP contribution in [0.5, 0.6) is 5.75 Å². The number of ether oxygens (including phenoxy) is 2. The average Bonchev–Trinajstić information content (AvgIpc) is 2.82. The molecule has 0 heterocycles. The zero-order valence-electron chi connectivity index (χ0n) is 20.0. The van der Waals surface area contributed by atoms with Gasteiger partial charge in [-0.15, -0.1) is 0 Å². The zero-order valence-corrected chi connectivity index (χ0v) is 20.9. The van der Waals surface area contributed by atoms with E-state index >= 15 is 0 Å². The molecule has 0 saturated carbocycles. The Kier molecular flexibility index (Phi) is 13.6. The molecule has 1 unspecified atom stereocenters. The van der Waals surface area contributed by atoms with Gasteiger partial charge in [0.1, 0.15) is 0 Å². The minimum Gasteiger partial charge on any atom is -0.379 e. The summed E-state index contributed by atoms with van der Waals surface area (Å²) < 4.78 is 32.5. The van der Waals surface area contributed by atoms with Crippen LogP contribution in [0.25, 0.3) is 10.8 Å². The summed E-state index contributed by atoms with van der Waals surface area (Å²) >= 11 is 0. The molecule has 7 nitrogen and oxygen atoms in total. The highest BCUT2D eigenvalue weighted by Gasteiger charge is 2.25. The van der Waals surface area contributed by atoms with Crippen molar-refractivity contribution >= 4 is 18.6 Å². The fourth-order valence-electron chi connectivity index (χ4n) is 3.54. The number of unbranched alkanes of at least 4 members (excludes halogenated alkanes) is 6. The predicted molar refractivity (Wildman–Crippen MR) is 130 cm³/mol. The summed E-state index contributed by atoms with van der Waals surface area (Å²) in [5, 5.41) is 1.80. The highest BCUT2D eigenvalue weighted by Crippen LogP contribution is 2.44. The van der Waals surface area contributed by atoms with Crippen molar-refractivity contribution in [2.45, 2.75) is 65.2 Å². The zero-order chi connectivity index (χ0) is 23.8. The van der Waals surface area contributed by atoms with E-state index in [0.717, 1.165) is 35.6 Å². The lowest BCUT2D eigenvalue weighted by atomic mass is 10.00. The number of rotatable bonds is 19. The van der Waals surface area contributed by atoms with Gasteiger partial charge in [0.05, 0.1) is 26.4 Å². The van der Waals surface area contributed by atoms with Gasteiger partial charge in [-0.25, -0.2) is 4.57 Å². The van der Waals surface area contributed by atoms with Crippen molar-refractivity contribution in [3.8, 4) is 5.75 Å². The molecule has 1 N–H and O–H groups in total. The van der Waals surface area contributed by atoms with Crippen molar-refractivity contribution in [2.24, 2.45) is 0 Å². The van der Waals surface area contributed by atoms with Crippen molar-refractivity contribution in [1.29, 1.82) is 0 Å². The number of fused-ring (bicyclic) bond motifs is 1. The van der Waals surface area contributed by atoms with Gasteiger partial charge in [0, 0.05) is 12.0 Å². The smallest absolute Gasteiger partial charge is 0.379 e. The lowest BCUT2D eigenvalue weighted by Gasteiger charge is -2.15. The number of hydrogen-bond acceptors (Lipinski definition) is 6. The summed E-state index contributed by atoms with van der Waals surface area (Å²) in [4.78, 5) is 15.4. The molecule has 0 aromatic heterocycles. The second kappa shape index (κ2) is 16.2. The Labute approximate surface area is 197 Å². The van der Waals surface area contributed by atoms with E-state index < -0.39 is 7.82 Å². The molecule has 0 fully saturated rings.